The van der Waals surface area contributed by atoms with Gasteiger partial charge in [0.05, 0.1) is 12.5 Å². The first-order chi connectivity index (χ1) is 18.2. The number of nitrogens with two attached hydrogens (primary N) is 4. The highest BCUT2D eigenvalue weighted by atomic mass is 16.5. The molecule has 0 saturated heterocycles. The molecule has 9 N–H and O–H groups in total. The van der Waals surface area contributed by atoms with E-state index < -0.39 is 48.2 Å². The molecule has 0 fully saturated rings. The number of rotatable bonds is 15. The summed E-state index contributed by atoms with van der Waals surface area (Å²) in [4.78, 5) is 54.3. The van der Waals surface area contributed by atoms with Crippen molar-refractivity contribution in [1.82, 2.24) is 5.32 Å². The average molecular weight is 527 g/mol. The van der Waals surface area contributed by atoms with Crippen LogP contribution in [0.25, 0.3) is 0 Å². The molecule has 0 radical (unpaired) electrons. The molecule has 0 aliphatic rings. The van der Waals surface area contributed by atoms with Gasteiger partial charge < -0.3 is 37.7 Å². The Morgan fingerprint density at radius 1 is 0.842 bits per heavy atom. The Labute approximate surface area is 220 Å². The molecule has 2 aromatic rings. The number of hydrogen-bond acceptors (Lipinski definition) is 9. The Bertz CT molecular complexity index is 1090. The third-order valence-corrected chi connectivity index (χ3v) is 5.36. The molecule has 0 aliphatic heterocycles. The third kappa shape index (κ3) is 10.8. The van der Waals surface area contributed by atoms with Crippen LogP contribution < -0.4 is 28.3 Å². The maximum Gasteiger partial charge on any atom is 0.329 e. The molecule has 0 saturated carbocycles. The van der Waals surface area contributed by atoms with E-state index in [0.717, 1.165) is 5.56 Å². The van der Waals surface area contributed by atoms with E-state index in [2.05, 4.69) is 10.3 Å². The second-order valence-electron chi connectivity index (χ2n) is 8.44. The predicted molar refractivity (Wildman–Crippen MR) is 140 cm³/mol. The number of carbonyl (C=O) groups is 4. The van der Waals surface area contributed by atoms with Crippen LogP contribution in [0.4, 0.5) is 0 Å². The molecule has 1 amide bonds. The lowest BCUT2D eigenvalue weighted by molar-refractivity contribution is -0.155. The first-order valence-electron chi connectivity index (χ1n) is 12.0. The topological polar surface area (TPSA) is 215 Å². The summed E-state index contributed by atoms with van der Waals surface area (Å²) in [5.74, 6) is -3.46. The minimum Gasteiger partial charge on any atom is -0.461 e. The number of benzene rings is 2. The number of carbonyl (C=O) groups excluding carboxylic acids is 4. The highest BCUT2D eigenvalue weighted by Gasteiger charge is 2.32. The van der Waals surface area contributed by atoms with E-state index >= 15 is 0 Å². The lowest BCUT2D eigenvalue weighted by atomic mass is 10.0. The number of hydrogen-bond donors (Lipinski definition) is 5. The van der Waals surface area contributed by atoms with E-state index in [1.165, 1.54) is 0 Å². The van der Waals surface area contributed by atoms with Crippen molar-refractivity contribution in [3.05, 3.63) is 71.8 Å². The van der Waals surface area contributed by atoms with Crippen LogP contribution >= 0.6 is 0 Å². The summed E-state index contributed by atoms with van der Waals surface area (Å²) < 4.78 is 10.5. The fraction of sp³-hybridized carbons (Fsp3) is 0.346. The molecule has 38 heavy (non-hydrogen) atoms. The van der Waals surface area contributed by atoms with Crippen molar-refractivity contribution < 1.29 is 28.7 Å². The molecule has 2 rings (SSSR count). The Kier molecular flexibility index (Phi) is 12.4. The number of esters is 2. The molecule has 2 aromatic carbocycles. The second-order valence-corrected chi connectivity index (χ2v) is 8.44. The predicted octanol–water partition coefficient (Wildman–Crippen LogP) is -0.375. The standard InChI is InChI=1S/C26H34N6O6/c27-19(12-7-13-31-26(29)30)23(34)22(28)24(35)32-20(25(36)38-16-18-10-5-2-6-11-18)14-21(33)37-15-17-8-3-1-4-9-17/h1-6,8-11,19-20,22H,7,12-16,27-28H2,(H,32,35)(H4,29,30,31). The lowest BCUT2D eigenvalue weighted by Gasteiger charge is -2.20. The molecule has 0 spiro atoms. The summed E-state index contributed by atoms with van der Waals surface area (Å²) in [5.41, 5.74) is 23.6. The number of guanidine groups is 1. The van der Waals surface area contributed by atoms with Gasteiger partial charge in [-0.3, -0.25) is 19.4 Å². The van der Waals surface area contributed by atoms with Gasteiger partial charge in [0.25, 0.3) is 0 Å². The van der Waals surface area contributed by atoms with Gasteiger partial charge in [0, 0.05) is 6.54 Å². The van der Waals surface area contributed by atoms with Crippen LogP contribution in [0.5, 0.6) is 0 Å². The number of Topliss-reactive ketones (excluding diaryl/α,β-unsaturated/α-hetero) is 1. The van der Waals surface area contributed by atoms with Gasteiger partial charge in [-0.1, -0.05) is 60.7 Å². The molecule has 0 heterocycles. The van der Waals surface area contributed by atoms with Gasteiger partial charge in [-0.15, -0.1) is 0 Å². The first kappa shape index (κ1) is 29.9. The molecule has 204 valence electrons. The van der Waals surface area contributed by atoms with E-state index in [0.29, 0.717) is 12.0 Å². The number of amides is 1. The Hall–Kier alpha value is -4.29. The van der Waals surface area contributed by atoms with E-state index in [-0.39, 0.29) is 32.1 Å². The molecular weight excluding hydrogens is 492 g/mol. The SMILES string of the molecule is NC(N)=NCCCC(N)C(=O)C(N)C(=O)NC(CC(=O)OCc1ccccc1)C(=O)OCc1ccccc1. The number of nitrogens with one attached hydrogen (secondary N) is 1. The van der Waals surface area contributed by atoms with Crippen molar-refractivity contribution in [3.63, 3.8) is 0 Å². The molecular formula is C26H34N6O6. The molecule has 3 unspecified atom stereocenters. The summed E-state index contributed by atoms with van der Waals surface area (Å²) in [7, 11) is 0. The second kappa shape index (κ2) is 15.7. The van der Waals surface area contributed by atoms with E-state index in [1.807, 2.05) is 6.07 Å². The molecule has 3 atom stereocenters. The van der Waals surface area contributed by atoms with Gasteiger partial charge in [-0.25, -0.2) is 4.79 Å². The van der Waals surface area contributed by atoms with Crippen LogP contribution in [0.1, 0.15) is 30.4 Å². The Balaban J connectivity index is 2.00. The van der Waals surface area contributed by atoms with Gasteiger partial charge in [0.2, 0.25) is 5.91 Å². The van der Waals surface area contributed by atoms with Crippen LogP contribution in [0.2, 0.25) is 0 Å². The quantitative estimate of drug-likeness (QED) is 0.0666. The summed E-state index contributed by atoms with van der Waals surface area (Å²) in [6.07, 6.45) is 0.0451. The van der Waals surface area contributed by atoms with Gasteiger partial charge in [0.1, 0.15) is 25.3 Å². The van der Waals surface area contributed by atoms with Crippen LogP contribution in [0.3, 0.4) is 0 Å². The van der Waals surface area contributed by atoms with Crippen molar-refractivity contribution in [2.75, 3.05) is 6.54 Å². The van der Waals surface area contributed by atoms with Gasteiger partial charge in [-0.05, 0) is 24.0 Å². The van der Waals surface area contributed by atoms with Gasteiger partial charge in [0.15, 0.2) is 11.7 Å². The van der Waals surface area contributed by atoms with Crippen molar-refractivity contribution in [3.8, 4) is 0 Å². The van der Waals surface area contributed by atoms with E-state index in [9.17, 15) is 19.2 Å². The third-order valence-electron chi connectivity index (χ3n) is 5.36. The molecule has 0 aliphatic carbocycles. The maximum atomic E-state index is 12.8. The summed E-state index contributed by atoms with van der Waals surface area (Å²) in [5, 5.41) is 2.33. The summed E-state index contributed by atoms with van der Waals surface area (Å²) in [6, 6.07) is 13.6. The van der Waals surface area contributed by atoms with Crippen molar-refractivity contribution in [1.29, 1.82) is 0 Å². The number of ketones is 1. The molecule has 12 nitrogen and oxygen atoms in total. The number of aliphatic imine (C=N–C) groups is 1. The molecule has 0 aromatic heterocycles. The average Bonchev–Trinajstić information content (AvgIpc) is 2.92. The van der Waals surface area contributed by atoms with Crippen LogP contribution in [0, 0.1) is 0 Å². The minimum absolute atomic E-state index is 0.0217. The molecule has 0 bridgehead atoms. The van der Waals surface area contributed by atoms with Crippen molar-refractivity contribution >= 4 is 29.6 Å². The van der Waals surface area contributed by atoms with Gasteiger partial charge >= 0.3 is 11.9 Å². The fourth-order valence-corrected chi connectivity index (χ4v) is 3.27. The van der Waals surface area contributed by atoms with Crippen molar-refractivity contribution in [2.45, 2.75) is 50.6 Å². The monoisotopic (exact) mass is 526 g/mol. The van der Waals surface area contributed by atoms with Crippen molar-refractivity contribution in [2.24, 2.45) is 27.9 Å². The highest BCUT2D eigenvalue weighted by molar-refractivity contribution is 6.08. The zero-order valence-corrected chi connectivity index (χ0v) is 21.0. The maximum absolute atomic E-state index is 12.8. The Morgan fingerprint density at radius 2 is 1.39 bits per heavy atom. The lowest BCUT2D eigenvalue weighted by Crippen LogP contribution is -2.55. The van der Waals surface area contributed by atoms with Gasteiger partial charge in [-0.2, -0.15) is 0 Å². The normalized spacial score (nSPS) is 12.9. The summed E-state index contributed by atoms with van der Waals surface area (Å²) in [6.45, 7) is 0.147. The first-order valence-corrected chi connectivity index (χ1v) is 12.0. The zero-order valence-electron chi connectivity index (χ0n) is 21.0. The van der Waals surface area contributed by atoms with Crippen LogP contribution in [-0.2, 0) is 41.9 Å². The van der Waals surface area contributed by atoms with Crippen LogP contribution in [-0.4, -0.2) is 54.3 Å². The highest BCUT2D eigenvalue weighted by Crippen LogP contribution is 2.08. The number of nitrogens with zero attached hydrogens (tertiary/aromatic N) is 1. The van der Waals surface area contributed by atoms with E-state index in [1.54, 1.807) is 54.6 Å². The molecule has 12 heteroatoms. The zero-order chi connectivity index (χ0) is 27.9. The number of ether oxygens (including phenoxy) is 2. The largest absolute Gasteiger partial charge is 0.461 e. The Morgan fingerprint density at radius 3 is 1.95 bits per heavy atom. The summed E-state index contributed by atoms with van der Waals surface area (Å²) >= 11 is 0. The minimum atomic E-state index is -1.67. The van der Waals surface area contributed by atoms with E-state index in [4.69, 9.17) is 32.4 Å². The smallest absolute Gasteiger partial charge is 0.329 e. The van der Waals surface area contributed by atoms with Crippen LogP contribution in [0.15, 0.2) is 65.7 Å². The fourth-order valence-electron chi connectivity index (χ4n) is 3.27.